The second-order valence-corrected chi connectivity index (χ2v) is 5.58. The molecule has 1 fully saturated rings. The third kappa shape index (κ3) is 3.28. The van der Waals surface area contributed by atoms with Gasteiger partial charge in [-0.05, 0) is 43.9 Å². The van der Waals surface area contributed by atoms with Crippen molar-refractivity contribution in [2.45, 2.75) is 52.0 Å². The van der Waals surface area contributed by atoms with Crippen LogP contribution in [0.4, 0.5) is 10.5 Å². The second kappa shape index (κ2) is 6.09. The van der Waals surface area contributed by atoms with Gasteiger partial charge in [0.2, 0.25) is 0 Å². The molecule has 1 aromatic carbocycles. The van der Waals surface area contributed by atoms with Gasteiger partial charge in [-0.2, -0.15) is 0 Å². The van der Waals surface area contributed by atoms with Crippen LogP contribution in [0.1, 0.15) is 43.2 Å². The summed E-state index contributed by atoms with van der Waals surface area (Å²) in [5.74, 6) is 0. The maximum absolute atomic E-state index is 12.3. The van der Waals surface area contributed by atoms with Gasteiger partial charge in [0.05, 0.1) is 0 Å². The molecular formula is C16H24N2O. The number of anilines is 1. The summed E-state index contributed by atoms with van der Waals surface area (Å²) in [6, 6.07) is 6.43. The van der Waals surface area contributed by atoms with E-state index < -0.39 is 0 Å². The van der Waals surface area contributed by atoms with Gasteiger partial charge >= 0.3 is 6.03 Å². The smallest absolute Gasteiger partial charge is 0.321 e. The molecule has 2 rings (SSSR count). The topological polar surface area (TPSA) is 32.3 Å². The molecule has 1 aliphatic rings. The van der Waals surface area contributed by atoms with E-state index in [1.54, 1.807) is 0 Å². The van der Waals surface area contributed by atoms with Crippen LogP contribution >= 0.6 is 0 Å². The van der Waals surface area contributed by atoms with E-state index in [0.29, 0.717) is 6.04 Å². The van der Waals surface area contributed by atoms with E-state index in [0.717, 1.165) is 24.1 Å². The minimum atomic E-state index is 0.0144. The maximum Gasteiger partial charge on any atom is 0.321 e. The molecule has 19 heavy (non-hydrogen) atoms. The van der Waals surface area contributed by atoms with Crippen molar-refractivity contribution in [1.82, 2.24) is 4.90 Å². The lowest BCUT2D eigenvalue weighted by atomic mass is 9.95. The summed E-state index contributed by atoms with van der Waals surface area (Å²) in [5, 5.41) is 3.04. The van der Waals surface area contributed by atoms with Crippen molar-refractivity contribution < 1.29 is 4.79 Å². The third-order valence-electron chi connectivity index (χ3n) is 4.29. The number of nitrogens with zero attached hydrogens (tertiary/aromatic N) is 1. The zero-order chi connectivity index (χ0) is 13.8. The quantitative estimate of drug-likeness (QED) is 0.853. The summed E-state index contributed by atoms with van der Waals surface area (Å²) in [5.41, 5.74) is 3.28. The second-order valence-electron chi connectivity index (χ2n) is 5.58. The Kier molecular flexibility index (Phi) is 4.46. The number of nitrogens with one attached hydrogen (secondary N) is 1. The van der Waals surface area contributed by atoms with Gasteiger partial charge in [-0.1, -0.05) is 31.4 Å². The molecular weight excluding hydrogens is 236 g/mol. The molecule has 104 valence electrons. The van der Waals surface area contributed by atoms with Gasteiger partial charge in [0.25, 0.3) is 0 Å². The Bertz CT molecular complexity index is 450. The fourth-order valence-corrected chi connectivity index (χ4v) is 2.72. The molecule has 0 aromatic heterocycles. The fourth-order valence-electron chi connectivity index (χ4n) is 2.72. The molecule has 1 N–H and O–H groups in total. The number of carbonyl (C=O) groups is 1. The van der Waals surface area contributed by atoms with Crippen molar-refractivity contribution >= 4 is 11.7 Å². The third-order valence-corrected chi connectivity index (χ3v) is 4.29. The molecule has 0 atom stereocenters. The predicted octanol–water partition coefficient (Wildman–Crippen LogP) is 4.10. The highest BCUT2D eigenvalue weighted by molar-refractivity contribution is 5.90. The van der Waals surface area contributed by atoms with Gasteiger partial charge in [-0.15, -0.1) is 0 Å². The fraction of sp³-hybridized carbons (Fsp3) is 0.562. The number of carbonyl (C=O) groups excluding carboxylic acids is 1. The van der Waals surface area contributed by atoms with E-state index in [2.05, 4.69) is 18.3 Å². The van der Waals surface area contributed by atoms with Crippen molar-refractivity contribution in [1.29, 1.82) is 0 Å². The molecule has 1 saturated carbocycles. The zero-order valence-electron chi connectivity index (χ0n) is 12.2. The van der Waals surface area contributed by atoms with Gasteiger partial charge in [-0.25, -0.2) is 4.79 Å². The number of amides is 2. The van der Waals surface area contributed by atoms with E-state index in [-0.39, 0.29) is 6.03 Å². The molecule has 1 aliphatic carbocycles. The van der Waals surface area contributed by atoms with Crippen LogP contribution in [-0.4, -0.2) is 24.0 Å². The Hall–Kier alpha value is -1.51. The van der Waals surface area contributed by atoms with Crippen molar-refractivity contribution in [3.05, 3.63) is 29.3 Å². The maximum atomic E-state index is 12.3. The van der Waals surface area contributed by atoms with Gasteiger partial charge in [0.15, 0.2) is 0 Å². The number of rotatable bonds is 2. The van der Waals surface area contributed by atoms with Gasteiger partial charge < -0.3 is 10.2 Å². The lowest BCUT2D eigenvalue weighted by molar-refractivity contribution is 0.186. The summed E-state index contributed by atoms with van der Waals surface area (Å²) in [7, 11) is 1.91. The molecule has 0 aliphatic heterocycles. The molecule has 0 heterocycles. The van der Waals surface area contributed by atoms with Crippen LogP contribution in [0.15, 0.2) is 18.2 Å². The Balaban J connectivity index is 2.01. The van der Waals surface area contributed by atoms with Crippen LogP contribution in [-0.2, 0) is 0 Å². The molecule has 0 unspecified atom stereocenters. The van der Waals surface area contributed by atoms with E-state index in [1.807, 2.05) is 31.0 Å². The summed E-state index contributed by atoms with van der Waals surface area (Å²) < 4.78 is 0. The van der Waals surface area contributed by atoms with E-state index in [9.17, 15) is 4.79 Å². The standard InChI is InChI=1S/C16H24N2O/c1-12-8-7-11-15(13(12)2)17-16(19)18(3)14-9-5-4-6-10-14/h7-8,11,14H,4-6,9-10H2,1-3H3,(H,17,19). The summed E-state index contributed by atoms with van der Waals surface area (Å²) in [6.07, 6.45) is 6.06. The SMILES string of the molecule is Cc1cccc(NC(=O)N(C)C2CCCCC2)c1C. The Morgan fingerprint density at radius 3 is 2.58 bits per heavy atom. The van der Waals surface area contributed by atoms with E-state index in [4.69, 9.17) is 0 Å². The van der Waals surface area contributed by atoms with Crippen LogP contribution in [0.3, 0.4) is 0 Å². The number of hydrogen-bond donors (Lipinski definition) is 1. The summed E-state index contributed by atoms with van der Waals surface area (Å²) >= 11 is 0. The van der Waals surface area contributed by atoms with Gasteiger partial charge in [0, 0.05) is 18.8 Å². The average molecular weight is 260 g/mol. The highest BCUT2D eigenvalue weighted by atomic mass is 16.2. The lowest BCUT2D eigenvalue weighted by Crippen LogP contribution is -2.41. The largest absolute Gasteiger partial charge is 0.325 e. The Morgan fingerprint density at radius 1 is 1.21 bits per heavy atom. The zero-order valence-corrected chi connectivity index (χ0v) is 12.2. The van der Waals surface area contributed by atoms with Gasteiger partial charge in [-0.3, -0.25) is 0 Å². The van der Waals surface area contributed by atoms with Crippen LogP contribution in [0.5, 0.6) is 0 Å². The minimum Gasteiger partial charge on any atom is -0.325 e. The van der Waals surface area contributed by atoms with Crippen LogP contribution < -0.4 is 5.32 Å². The number of hydrogen-bond acceptors (Lipinski definition) is 1. The average Bonchev–Trinajstić information content (AvgIpc) is 2.44. The first-order valence-electron chi connectivity index (χ1n) is 7.19. The Labute approximate surface area is 116 Å². The summed E-state index contributed by atoms with van der Waals surface area (Å²) in [6.45, 7) is 4.11. The van der Waals surface area contributed by atoms with Crippen LogP contribution in [0.25, 0.3) is 0 Å². The monoisotopic (exact) mass is 260 g/mol. The summed E-state index contributed by atoms with van der Waals surface area (Å²) in [4.78, 5) is 14.2. The highest BCUT2D eigenvalue weighted by Gasteiger charge is 2.22. The van der Waals surface area contributed by atoms with Crippen molar-refractivity contribution in [2.24, 2.45) is 0 Å². The normalized spacial score (nSPS) is 16.2. The molecule has 3 heteroatoms. The molecule has 0 radical (unpaired) electrons. The van der Waals surface area contributed by atoms with Crippen LogP contribution in [0.2, 0.25) is 0 Å². The Morgan fingerprint density at radius 2 is 1.89 bits per heavy atom. The van der Waals surface area contributed by atoms with Crippen molar-refractivity contribution in [2.75, 3.05) is 12.4 Å². The molecule has 0 bridgehead atoms. The minimum absolute atomic E-state index is 0.0144. The van der Waals surface area contributed by atoms with E-state index in [1.165, 1.54) is 24.8 Å². The number of aryl methyl sites for hydroxylation is 1. The highest BCUT2D eigenvalue weighted by Crippen LogP contribution is 2.23. The molecule has 2 amide bonds. The molecule has 0 saturated heterocycles. The van der Waals surface area contributed by atoms with Crippen LogP contribution in [0, 0.1) is 13.8 Å². The van der Waals surface area contributed by atoms with Crippen molar-refractivity contribution in [3.8, 4) is 0 Å². The van der Waals surface area contributed by atoms with Gasteiger partial charge in [0.1, 0.15) is 0 Å². The number of benzene rings is 1. The van der Waals surface area contributed by atoms with E-state index >= 15 is 0 Å². The molecule has 0 spiro atoms. The first-order valence-corrected chi connectivity index (χ1v) is 7.19. The first kappa shape index (κ1) is 13.9. The predicted molar refractivity (Wildman–Crippen MR) is 79.6 cm³/mol. The lowest BCUT2D eigenvalue weighted by Gasteiger charge is -2.31. The molecule has 3 nitrogen and oxygen atoms in total. The number of urea groups is 1. The van der Waals surface area contributed by atoms with Crippen molar-refractivity contribution in [3.63, 3.8) is 0 Å². The molecule has 1 aromatic rings. The first-order chi connectivity index (χ1) is 9.09.